The van der Waals surface area contributed by atoms with Crippen molar-refractivity contribution in [3.05, 3.63) is 34.9 Å². The maximum absolute atomic E-state index is 13.2. The number of benzene rings is 1. The van der Waals surface area contributed by atoms with Gasteiger partial charge in [-0.2, -0.15) is 13.2 Å². The molecule has 1 aliphatic carbocycles. The van der Waals surface area contributed by atoms with E-state index in [0.29, 0.717) is 18.5 Å². The zero-order valence-electron chi connectivity index (χ0n) is 14.8. The summed E-state index contributed by atoms with van der Waals surface area (Å²) in [5.74, 6) is -0.420. The van der Waals surface area contributed by atoms with Crippen LogP contribution in [0.25, 0.3) is 0 Å². The summed E-state index contributed by atoms with van der Waals surface area (Å²) in [5, 5.41) is 10.6. The van der Waals surface area contributed by atoms with Gasteiger partial charge in [0.1, 0.15) is 5.78 Å². The molecule has 1 aromatic rings. The molecule has 0 unspecified atom stereocenters. The Morgan fingerprint density at radius 2 is 1.88 bits per heavy atom. The summed E-state index contributed by atoms with van der Waals surface area (Å²) in [4.78, 5) is 26.5. The van der Waals surface area contributed by atoms with Crippen LogP contribution in [0.1, 0.15) is 49.8 Å². The highest BCUT2D eigenvalue weighted by atomic mass is 19.4. The number of amides is 1. The number of fused-ring (bicyclic) bond motifs is 1. The van der Waals surface area contributed by atoms with E-state index in [1.54, 1.807) is 0 Å². The molecule has 26 heavy (non-hydrogen) atoms. The van der Waals surface area contributed by atoms with Gasteiger partial charge in [0.25, 0.3) is 0 Å². The van der Waals surface area contributed by atoms with Gasteiger partial charge in [0, 0.05) is 25.9 Å². The van der Waals surface area contributed by atoms with Gasteiger partial charge in [0.15, 0.2) is 0 Å². The highest BCUT2D eigenvalue weighted by molar-refractivity contribution is 5.94. The van der Waals surface area contributed by atoms with Gasteiger partial charge in [-0.3, -0.25) is 9.59 Å². The zero-order chi connectivity index (χ0) is 19.3. The molecule has 1 N–H and O–H groups in total. The minimum absolute atomic E-state index is 0.0265. The Balaban J connectivity index is 1.90. The number of aliphatic hydroxyl groups is 1. The molecule has 1 fully saturated rings. The average Bonchev–Trinajstić information content (AvgIpc) is 2.95. The molecule has 1 aromatic carbocycles. The van der Waals surface area contributed by atoms with Gasteiger partial charge in [-0.15, -0.1) is 0 Å². The van der Waals surface area contributed by atoms with Gasteiger partial charge in [-0.05, 0) is 49.9 Å². The Morgan fingerprint density at radius 3 is 2.42 bits per heavy atom. The summed E-state index contributed by atoms with van der Waals surface area (Å²) < 4.78 is 38.9. The van der Waals surface area contributed by atoms with E-state index in [1.807, 2.05) is 0 Å². The zero-order valence-corrected chi connectivity index (χ0v) is 14.8. The van der Waals surface area contributed by atoms with E-state index in [2.05, 4.69) is 0 Å². The third kappa shape index (κ3) is 3.13. The van der Waals surface area contributed by atoms with Crippen LogP contribution in [0.3, 0.4) is 0 Å². The molecule has 1 saturated carbocycles. The molecule has 0 radical (unpaired) electrons. The van der Waals surface area contributed by atoms with Crippen molar-refractivity contribution in [3.63, 3.8) is 0 Å². The normalized spacial score (nSPS) is 23.9. The smallest absolute Gasteiger partial charge is 0.389 e. The molecular formula is C19H22F3NO3. The molecule has 142 valence electrons. The van der Waals surface area contributed by atoms with Crippen LogP contribution in [0, 0.1) is 5.41 Å². The third-order valence-electron chi connectivity index (χ3n) is 5.74. The average molecular weight is 369 g/mol. The summed E-state index contributed by atoms with van der Waals surface area (Å²) in [6, 6.07) is 3.61. The Kier molecular flexibility index (Phi) is 4.42. The van der Waals surface area contributed by atoms with E-state index >= 15 is 0 Å². The SMILES string of the molecule is CC(C)(O)[C@]1(C(=O)N2CCc3ccc(C(F)(F)F)cc3C2)CCC(=O)C1. The van der Waals surface area contributed by atoms with Crippen LogP contribution in [0.2, 0.25) is 0 Å². The number of Topliss-reactive ketones (excluding diaryl/α,β-unsaturated/α-hetero) is 1. The number of hydrogen-bond donors (Lipinski definition) is 1. The second-order valence-electron chi connectivity index (χ2n) is 7.81. The van der Waals surface area contributed by atoms with E-state index in [4.69, 9.17) is 0 Å². The lowest BCUT2D eigenvalue weighted by molar-refractivity contribution is -0.159. The van der Waals surface area contributed by atoms with Crippen LogP contribution in [0.15, 0.2) is 18.2 Å². The summed E-state index contributed by atoms with van der Waals surface area (Å²) in [6.07, 6.45) is -3.51. The number of halogens is 3. The fourth-order valence-electron chi connectivity index (χ4n) is 4.04. The van der Waals surface area contributed by atoms with Crippen molar-refractivity contribution < 1.29 is 27.9 Å². The summed E-state index contributed by atoms with van der Waals surface area (Å²) in [5.41, 5.74) is -2.07. The van der Waals surface area contributed by atoms with Crippen LogP contribution < -0.4 is 0 Å². The second kappa shape index (κ2) is 6.08. The Labute approximate surface area is 150 Å². The maximum Gasteiger partial charge on any atom is 0.416 e. The number of nitrogens with zero attached hydrogens (tertiary/aromatic N) is 1. The molecule has 1 aliphatic heterocycles. The molecule has 0 saturated heterocycles. The fraction of sp³-hybridized carbons (Fsp3) is 0.579. The molecular weight excluding hydrogens is 347 g/mol. The number of ketones is 1. The first-order valence-corrected chi connectivity index (χ1v) is 8.66. The number of carbonyl (C=O) groups is 2. The molecule has 4 nitrogen and oxygen atoms in total. The minimum atomic E-state index is -4.44. The largest absolute Gasteiger partial charge is 0.416 e. The van der Waals surface area contributed by atoms with Crippen LogP contribution >= 0.6 is 0 Å². The van der Waals surface area contributed by atoms with E-state index in [-0.39, 0.29) is 37.5 Å². The fourth-order valence-corrected chi connectivity index (χ4v) is 4.04. The first-order valence-electron chi connectivity index (χ1n) is 8.66. The molecule has 1 heterocycles. The topological polar surface area (TPSA) is 57.6 Å². The number of hydrogen-bond acceptors (Lipinski definition) is 3. The van der Waals surface area contributed by atoms with Crippen molar-refractivity contribution in [1.82, 2.24) is 4.90 Å². The van der Waals surface area contributed by atoms with E-state index in [1.165, 1.54) is 24.8 Å². The summed E-state index contributed by atoms with van der Waals surface area (Å²) >= 11 is 0. The van der Waals surface area contributed by atoms with Crippen molar-refractivity contribution >= 4 is 11.7 Å². The van der Waals surface area contributed by atoms with Crippen LogP contribution in [0.5, 0.6) is 0 Å². The highest BCUT2D eigenvalue weighted by Crippen LogP contribution is 2.47. The summed E-state index contributed by atoms with van der Waals surface area (Å²) in [6.45, 7) is 3.46. The van der Waals surface area contributed by atoms with Crippen molar-refractivity contribution in [1.29, 1.82) is 0 Å². The van der Waals surface area contributed by atoms with E-state index in [0.717, 1.165) is 17.7 Å². The Morgan fingerprint density at radius 1 is 1.19 bits per heavy atom. The van der Waals surface area contributed by atoms with Gasteiger partial charge in [0.2, 0.25) is 5.91 Å². The monoisotopic (exact) mass is 369 g/mol. The number of carbonyl (C=O) groups excluding carboxylic acids is 2. The lowest BCUT2D eigenvalue weighted by atomic mass is 9.70. The maximum atomic E-state index is 13.2. The lowest BCUT2D eigenvalue weighted by Crippen LogP contribution is -2.55. The van der Waals surface area contributed by atoms with Gasteiger partial charge in [-0.25, -0.2) is 0 Å². The predicted octanol–water partition coefficient (Wildman–Crippen LogP) is 3.10. The summed E-state index contributed by atoms with van der Waals surface area (Å²) in [7, 11) is 0. The van der Waals surface area contributed by atoms with E-state index < -0.39 is 22.8 Å². The van der Waals surface area contributed by atoms with Gasteiger partial charge < -0.3 is 10.0 Å². The van der Waals surface area contributed by atoms with Gasteiger partial charge >= 0.3 is 6.18 Å². The highest BCUT2D eigenvalue weighted by Gasteiger charge is 2.56. The predicted molar refractivity (Wildman–Crippen MR) is 88.2 cm³/mol. The van der Waals surface area contributed by atoms with Crippen LogP contribution in [-0.2, 0) is 28.7 Å². The molecule has 1 amide bonds. The first kappa shape index (κ1) is 18.9. The van der Waals surface area contributed by atoms with Crippen LogP contribution in [0.4, 0.5) is 13.2 Å². The van der Waals surface area contributed by atoms with Gasteiger partial charge in [0.05, 0.1) is 16.6 Å². The molecule has 2 aliphatic rings. The molecule has 0 spiro atoms. The standard InChI is InChI=1S/C19H22F3NO3/c1-17(2,26)18(7-5-15(24)10-18)16(25)23-8-6-12-3-4-14(19(20,21)22)9-13(12)11-23/h3-4,9,26H,5-8,10-11H2,1-2H3/t18-/m1/s1. The first-order chi connectivity index (χ1) is 11.9. The van der Waals surface area contributed by atoms with Gasteiger partial charge in [-0.1, -0.05) is 6.07 Å². The van der Waals surface area contributed by atoms with Crippen molar-refractivity contribution in [2.24, 2.45) is 5.41 Å². The second-order valence-corrected chi connectivity index (χ2v) is 7.81. The molecule has 7 heteroatoms. The van der Waals surface area contributed by atoms with Crippen molar-refractivity contribution in [2.75, 3.05) is 6.54 Å². The Bertz CT molecular complexity index is 751. The van der Waals surface area contributed by atoms with E-state index in [9.17, 15) is 27.9 Å². The molecule has 0 bridgehead atoms. The Hall–Kier alpha value is -1.89. The lowest BCUT2D eigenvalue weighted by Gasteiger charge is -2.43. The van der Waals surface area contributed by atoms with Crippen molar-refractivity contribution in [2.45, 2.75) is 57.9 Å². The quantitative estimate of drug-likeness (QED) is 0.872. The minimum Gasteiger partial charge on any atom is -0.389 e. The molecule has 1 atom stereocenters. The number of alkyl halides is 3. The van der Waals surface area contributed by atoms with Crippen LogP contribution in [-0.4, -0.2) is 33.8 Å². The third-order valence-corrected chi connectivity index (χ3v) is 5.74. The molecule has 3 rings (SSSR count). The molecule has 0 aromatic heterocycles. The van der Waals surface area contributed by atoms with Crippen molar-refractivity contribution in [3.8, 4) is 0 Å². The number of rotatable bonds is 2.